The van der Waals surface area contributed by atoms with Gasteiger partial charge in [0.1, 0.15) is 0 Å². The summed E-state index contributed by atoms with van der Waals surface area (Å²) < 4.78 is 2.39. The molecule has 8 nitrogen and oxygen atoms in total. The first-order valence-corrected chi connectivity index (χ1v) is 31.8. The molecule has 0 fully saturated rings. The third-order valence-corrected chi connectivity index (χ3v) is 18.4. The molecule has 0 bridgehead atoms. The third kappa shape index (κ3) is 9.36. The fourth-order valence-electron chi connectivity index (χ4n) is 14.1. The van der Waals surface area contributed by atoms with Crippen LogP contribution in [0, 0.1) is 0 Å². The lowest BCUT2D eigenvalue weighted by molar-refractivity contribution is 1.07. The first kappa shape index (κ1) is 54.4. The number of hydrogen-bond acceptors (Lipinski definition) is 7. The zero-order valence-corrected chi connectivity index (χ0v) is 50.9. The zero-order chi connectivity index (χ0) is 62.1. The molecule has 0 aliphatic carbocycles. The molecule has 2 aliphatic rings. The molecule has 13 aromatic carbocycles. The fourth-order valence-corrected chi connectivity index (χ4v) is 14.1. The van der Waals surface area contributed by atoms with Gasteiger partial charge in [0.05, 0.1) is 28.1 Å². The Balaban J connectivity index is 0.787. The molecular formula is C85H55BN8. The predicted molar refractivity (Wildman–Crippen MR) is 387 cm³/mol. The molecule has 438 valence electrons. The molecule has 0 atom stereocenters. The Hall–Kier alpha value is -12.6. The van der Waals surface area contributed by atoms with Crippen molar-refractivity contribution >= 4 is 79.0 Å². The van der Waals surface area contributed by atoms with E-state index in [-0.39, 0.29) is 6.71 Å². The summed E-state index contributed by atoms with van der Waals surface area (Å²) in [6.45, 7) is 0.0644. The van der Waals surface area contributed by atoms with E-state index in [1.165, 1.54) is 39.1 Å². The summed E-state index contributed by atoms with van der Waals surface area (Å²) in [5.41, 5.74) is 25.2. The van der Waals surface area contributed by atoms with Crippen LogP contribution < -0.4 is 26.2 Å². The van der Waals surface area contributed by atoms with Crippen LogP contribution in [0.3, 0.4) is 0 Å². The van der Waals surface area contributed by atoms with Crippen LogP contribution in [0.5, 0.6) is 0 Å². The summed E-state index contributed by atoms with van der Waals surface area (Å²) >= 11 is 0. The number of anilines is 6. The smallest absolute Gasteiger partial charge is 0.252 e. The molecule has 0 amide bonds. The van der Waals surface area contributed by atoms with Crippen molar-refractivity contribution in [2.24, 2.45) is 0 Å². The van der Waals surface area contributed by atoms with Crippen molar-refractivity contribution < 1.29 is 0 Å². The van der Waals surface area contributed by atoms with Gasteiger partial charge in [0.15, 0.2) is 23.3 Å². The van der Waals surface area contributed by atoms with E-state index in [0.717, 1.165) is 106 Å². The van der Waals surface area contributed by atoms with Gasteiger partial charge >= 0.3 is 0 Å². The van der Waals surface area contributed by atoms with Crippen molar-refractivity contribution in [3.05, 3.63) is 334 Å². The van der Waals surface area contributed by atoms with Gasteiger partial charge in [0, 0.05) is 78.3 Å². The lowest BCUT2D eigenvalue weighted by Crippen LogP contribution is -2.61. The van der Waals surface area contributed by atoms with Gasteiger partial charge in [-0.15, -0.1) is 0 Å². The van der Waals surface area contributed by atoms with Crippen LogP contribution in [0.15, 0.2) is 334 Å². The SMILES string of the molecule is c1ccc(-c2ccc3c(c2)c2ccccc2n3-c2ccc(-c3nc(-c4ccccc4)nc(-c4ccccc4)n3)cc2-c2cc(-c3ccccc3)nc(-c3cccc(-c4ccc(N5c6ccccc6B6c7ccccc7N(c7ccccc7)c7cccc5c76)cc4)c3)n2)cc1. The van der Waals surface area contributed by atoms with Crippen molar-refractivity contribution in [3.63, 3.8) is 0 Å². The second-order valence-electron chi connectivity index (χ2n) is 23.9. The Morgan fingerprint density at radius 3 is 1.31 bits per heavy atom. The Bertz CT molecular complexity index is 5510. The average Bonchev–Trinajstić information content (AvgIpc) is 0.738. The largest absolute Gasteiger partial charge is 0.311 e. The summed E-state index contributed by atoms with van der Waals surface area (Å²) in [5.74, 6) is 2.31. The zero-order valence-electron chi connectivity index (χ0n) is 50.9. The highest BCUT2D eigenvalue weighted by molar-refractivity contribution is 7.00. The molecule has 9 heteroatoms. The van der Waals surface area contributed by atoms with E-state index in [0.29, 0.717) is 23.3 Å². The highest BCUT2D eigenvalue weighted by atomic mass is 15.2. The van der Waals surface area contributed by atoms with Crippen molar-refractivity contribution in [3.8, 4) is 96.0 Å². The fraction of sp³-hybridized carbons (Fsp3) is 0. The van der Waals surface area contributed by atoms with Crippen LogP contribution in [0.4, 0.5) is 34.1 Å². The topological polar surface area (TPSA) is 75.9 Å². The Morgan fingerprint density at radius 2 is 0.660 bits per heavy atom. The van der Waals surface area contributed by atoms with E-state index in [9.17, 15) is 0 Å². The lowest BCUT2D eigenvalue weighted by atomic mass is 9.33. The lowest BCUT2D eigenvalue weighted by Gasteiger charge is -2.44. The molecule has 2 aliphatic heterocycles. The molecule has 0 saturated carbocycles. The Morgan fingerprint density at radius 1 is 0.234 bits per heavy atom. The molecule has 94 heavy (non-hydrogen) atoms. The van der Waals surface area contributed by atoms with Gasteiger partial charge in [-0.05, 0) is 136 Å². The van der Waals surface area contributed by atoms with E-state index in [2.05, 4.69) is 281 Å². The quantitative estimate of drug-likeness (QED) is 0.119. The van der Waals surface area contributed by atoms with Crippen LogP contribution in [0.2, 0.25) is 0 Å². The van der Waals surface area contributed by atoms with Gasteiger partial charge in [-0.25, -0.2) is 24.9 Å². The van der Waals surface area contributed by atoms with Crippen LogP contribution in [-0.2, 0) is 0 Å². The highest BCUT2D eigenvalue weighted by Crippen LogP contribution is 2.46. The van der Waals surface area contributed by atoms with Gasteiger partial charge in [0.25, 0.3) is 6.71 Å². The molecule has 5 heterocycles. The van der Waals surface area contributed by atoms with E-state index >= 15 is 0 Å². The van der Waals surface area contributed by atoms with Crippen molar-refractivity contribution in [2.45, 2.75) is 0 Å². The molecule has 0 unspecified atom stereocenters. The number of hydrogen-bond donors (Lipinski definition) is 0. The van der Waals surface area contributed by atoms with Crippen LogP contribution in [0.1, 0.15) is 0 Å². The van der Waals surface area contributed by atoms with Crippen molar-refractivity contribution in [1.29, 1.82) is 0 Å². The van der Waals surface area contributed by atoms with Gasteiger partial charge < -0.3 is 14.4 Å². The van der Waals surface area contributed by atoms with Gasteiger partial charge in [-0.3, -0.25) is 0 Å². The summed E-state index contributed by atoms with van der Waals surface area (Å²) in [5, 5.41) is 2.30. The summed E-state index contributed by atoms with van der Waals surface area (Å²) in [4.78, 5) is 31.6. The third-order valence-electron chi connectivity index (χ3n) is 18.4. The molecule has 16 aromatic rings. The van der Waals surface area contributed by atoms with Gasteiger partial charge in [-0.2, -0.15) is 0 Å². The van der Waals surface area contributed by atoms with E-state index < -0.39 is 0 Å². The number of benzene rings is 13. The number of para-hydroxylation sites is 4. The van der Waals surface area contributed by atoms with E-state index in [1.807, 2.05) is 66.7 Å². The highest BCUT2D eigenvalue weighted by Gasteiger charge is 2.43. The summed E-state index contributed by atoms with van der Waals surface area (Å²) in [6.07, 6.45) is 0. The maximum Gasteiger partial charge on any atom is 0.252 e. The second-order valence-corrected chi connectivity index (χ2v) is 23.9. The first-order chi connectivity index (χ1) is 46.6. The number of rotatable bonds is 11. The number of fused-ring (bicyclic) bond motifs is 7. The Labute approximate surface area is 544 Å². The van der Waals surface area contributed by atoms with Crippen LogP contribution in [0.25, 0.3) is 118 Å². The average molecular weight is 1200 g/mol. The summed E-state index contributed by atoms with van der Waals surface area (Å²) in [6, 6.07) is 118. The standard InChI is InChI=1S/C85H55BN8/c1-6-24-56(25-7-1)62-46-50-75-68(53-62)67-36-16-19-39-74(67)94(75)76-51-47-64(85-90-82(59-28-10-3-11-29-59)89-83(91-85)60-30-12-4-13-31-60)54-69(76)73-55-72(58-26-8-2-9-27-58)87-84(88-73)63-33-22-32-61(52-63)57-44-48-66(49-45-57)93-78-41-21-18-38-71(78)86-70-37-17-20-40-77(70)92(65-34-14-5-15-35-65)79-42-23-43-80(93)81(79)86/h1-55H. The second kappa shape index (κ2) is 22.7. The summed E-state index contributed by atoms with van der Waals surface area (Å²) in [7, 11) is 0. The van der Waals surface area contributed by atoms with Crippen LogP contribution >= 0.6 is 0 Å². The number of nitrogens with zero attached hydrogens (tertiary/aromatic N) is 8. The van der Waals surface area contributed by atoms with Crippen molar-refractivity contribution in [1.82, 2.24) is 29.5 Å². The minimum absolute atomic E-state index is 0.0644. The van der Waals surface area contributed by atoms with Crippen LogP contribution in [-0.4, -0.2) is 36.2 Å². The minimum Gasteiger partial charge on any atom is -0.311 e. The first-order valence-electron chi connectivity index (χ1n) is 31.8. The predicted octanol–water partition coefficient (Wildman–Crippen LogP) is 19.2. The maximum atomic E-state index is 5.68. The maximum absolute atomic E-state index is 5.68. The Kier molecular flexibility index (Phi) is 13.1. The number of aromatic nitrogens is 6. The molecular weight excluding hydrogens is 1140 g/mol. The molecule has 0 N–H and O–H groups in total. The van der Waals surface area contributed by atoms with E-state index in [1.54, 1.807) is 0 Å². The minimum atomic E-state index is 0.0644. The van der Waals surface area contributed by atoms with Crippen molar-refractivity contribution in [2.75, 3.05) is 9.80 Å². The van der Waals surface area contributed by atoms with E-state index in [4.69, 9.17) is 24.9 Å². The monoisotopic (exact) mass is 1200 g/mol. The molecule has 0 saturated heterocycles. The van der Waals surface area contributed by atoms with Gasteiger partial charge in [-0.1, -0.05) is 237 Å². The molecule has 0 spiro atoms. The molecule has 18 rings (SSSR count). The normalized spacial score (nSPS) is 12.2. The molecule has 3 aromatic heterocycles. The molecule has 0 radical (unpaired) electrons. The van der Waals surface area contributed by atoms with Gasteiger partial charge in [0.2, 0.25) is 0 Å².